The van der Waals surface area contributed by atoms with Crippen LogP contribution in [0.15, 0.2) is 42.5 Å². The monoisotopic (exact) mass is 455 g/mol. The van der Waals surface area contributed by atoms with E-state index >= 15 is 0 Å². The summed E-state index contributed by atoms with van der Waals surface area (Å²) in [6.45, 7) is 1.38. The van der Waals surface area contributed by atoms with Crippen molar-refractivity contribution in [3.05, 3.63) is 58.1 Å². The summed E-state index contributed by atoms with van der Waals surface area (Å²) in [6, 6.07) is 9.69. The van der Waals surface area contributed by atoms with Crippen LogP contribution in [0.2, 0.25) is 0 Å². The van der Waals surface area contributed by atoms with Crippen molar-refractivity contribution in [3.63, 3.8) is 0 Å². The summed E-state index contributed by atoms with van der Waals surface area (Å²) in [4.78, 5) is 38.4. The molecule has 33 heavy (non-hydrogen) atoms. The van der Waals surface area contributed by atoms with E-state index in [0.29, 0.717) is 22.7 Å². The van der Waals surface area contributed by atoms with E-state index in [1.165, 1.54) is 50.3 Å². The smallest absolute Gasteiger partial charge is 0.269 e. The molecule has 2 amide bonds. The fourth-order valence-corrected chi connectivity index (χ4v) is 4.21. The van der Waals surface area contributed by atoms with Crippen LogP contribution >= 0.6 is 0 Å². The number of anilines is 1. The first-order valence-corrected chi connectivity index (χ1v) is 10.9. The lowest BCUT2D eigenvalue weighted by molar-refractivity contribution is -0.384. The van der Waals surface area contributed by atoms with E-state index in [-0.39, 0.29) is 23.5 Å². The van der Waals surface area contributed by atoms with Crippen molar-refractivity contribution in [1.82, 2.24) is 5.32 Å². The molecule has 1 aliphatic carbocycles. The van der Waals surface area contributed by atoms with Gasteiger partial charge in [-0.1, -0.05) is 19.3 Å². The van der Waals surface area contributed by atoms with E-state index in [9.17, 15) is 19.7 Å². The Labute approximate surface area is 192 Å². The maximum absolute atomic E-state index is 13.5. The zero-order valence-corrected chi connectivity index (χ0v) is 19.1. The summed E-state index contributed by atoms with van der Waals surface area (Å²) < 4.78 is 10.7. The molecule has 9 nitrogen and oxygen atoms in total. The van der Waals surface area contributed by atoms with Crippen molar-refractivity contribution in [2.75, 3.05) is 19.1 Å². The molecule has 2 aromatic rings. The molecule has 0 radical (unpaired) electrons. The third-order valence-electron chi connectivity index (χ3n) is 5.86. The standard InChI is InChI=1S/C24H29N3O6/c1-16(28)26(20-13-14-21(32-2)22(15-20)33-3)23(17-9-11-19(12-10-17)27(30)31)24(29)25-18-7-5-4-6-8-18/h9-15,18,23H,4-8H2,1-3H3,(H,25,29). The lowest BCUT2D eigenvalue weighted by Crippen LogP contribution is -2.46. The predicted octanol–water partition coefficient (Wildman–Crippen LogP) is 4.16. The SMILES string of the molecule is COc1ccc(N(C(C)=O)C(C(=O)NC2CCCCC2)c2ccc([N+](=O)[O-])cc2)cc1OC. The Morgan fingerprint density at radius 2 is 1.67 bits per heavy atom. The fraction of sp³-hybridized carbons (Fsp3) is 0.417. The van der Waals surface area contributed by atoms with Gasteiger partial charge in [-0.3, -0.25) is 24.6 Å². The highest BCUT2D eigenvalue weighted by atomic mass is 16.6. The van der Waals surface area contributed by atoms with Crippen molar-refractivity contribution >= 4 is 23.2 Å². The molecule has 1 fully saturated rings. The van der Waals surface area contributed by atoms with Crippen molar-refractivity contribution in [2.45, 2.75) is 51.1 Å². The van der Waals surface area contributed by atoms with Gasteiger partial charge in [0.2, 0.25) is 11.8 Å². The first kappa shape index (κ1) is 24.0. The summed E-state index contributed by atoms with van der Waals surface area (Å²) >= 11 is 0. The molecule has 0 aromatic heterocycles. The van der Waals surface area contributed by atoms with Crippen LogP contribution in [0.3, 0.4) is 0 Å². The largest absolute Gasteiger partial charge is 0.493 e. The molecule has 0 spiro atoms. The molecule has 0 bridgehead atoms. The zero-order chi connectivity index (χ0) is 24.0. The number of hydrogen-bond donors (Lipinski definition) is 1. The minimum absolute atomic E-state index is 0.0333. The van der Waals surface area contributed by atoms with Gasteiger partial charge < -0.3 is 14.8 Å². The van der Waals surface area contributed by atoms with Crippen LogP contribution in [0.4, 0.5) is 11.4 Å². The average Bonchev–Trinajstić information content (AvgIpc) is 2.82. The van der Waals surface area contributed by atoms with Crippen LogP contribution < -0.4 is 19.7 Å². The van der Waals surface area contributed by atoms with Crippen LogP contribution in [-0.2, 0) is 9.59 Å². The highest BCUT2D eigenvalue weighted by Crippen LogP contribution is 2.36. The molecule has 2 aromatic carbocycles. The third-order valence-corrected chi connectivity index (χ3v) is 5.86. The number of nitrogens with one attached hydrogen (secondary N) is 1. The number of rotatable bonds is 8. The van der Waals surface area contributed by atoms with Gasteiger partial charge in [0.1, 0.15) is 6.04 Å². The number of carbonyl (C=O) groups excluding carboxylic acids is 2. The number of ether oxygens (including phenoxy) is 2. The van der Waals surface area contributed by atoms with Crippen molar-refractivity contribution in [3.8, 4) is 11.5 Å². The zero-order valence-electron chi connectivity index (χ0n) is 19.1. The highest BCUT2D eigenvalue weighted by Gasteiger charge is 2.33. The average molecular weight is 456 g/mol. The maximum Gasteiger partial charge on any atom is 0.269 e. The first-order chi connectivity index (χ1) is 15.8. The normalized spacial score (nSPS) is 14.8. The molecule has 9 heteroatoms. The van der Waals surface area contributed by atoms with E-state index in [4.69, 9.17) is 9.47 Å². The highest BCUT2D eigenvalue weighted by molar-refractivity contribution is 6.00. The predicted molar refractivity (Wildman–Crippen MR) is 124 cm³/mol. The van der Waals surface area contributed by atoms with Crippen LogP contribution in [0.5, 0.6) is 11.5 Å². The molecule has 1 unspecified atom stereocenters. The molecular weight excluding hydrogens is 426 g/mol. The summed E-state index contributed by atoms with van der Waals surface area (Å²) in [5, 5.41) is 14.2. The van der Waals surface area contributed by atoms with Gasteiger partial charge in [0.05, 0.1) is 19.1 Å². The van der Waals surface area contributed by atoms with E-state index in [0.717, 1.165) is 32.1 Å². The number of nitrogens with zero attached hydrogens (tertiary/aromatic N) is 2. The van der Waals surface area contributed by atoms with Gasteiger partial charge in [0.15, 0.2) is 11.5 Å². The minimum atomic E-state index is -1.01. The minimum Gasteiger partial charge on any atom is -0.493 e. The molecule has 1 aliphatic rings. The summed E-state index contributed by atoms with van der Waals surface area (Å²) in [5.74, 6) is 0.213. The molecular formula is C24H29N3O6. The van der Waals surface area contributed by atoms with E-state index in [1.807, 2.05) is 0 Å². The molecule has 1 atom stereocenters. The lowest BCUT2D eigenvalue weighted by atomic mass is 9.94. The van der Waals surface area contributed by atoms with Gasteiger partial charge >= 0.3 is 0 Å². The summed E-state index contributed by atoms with van der Waals surface area (Å²) in [7, 11) is 3.00. The van der Waals surface area contributed by atoms with Gasteiger partial charge in [-0.15, -0.1) is 0 Å². The second-order valence-electron chi connectivity index (χ2n) is 8.02. The van der Waals surface area contributed by atoms with Gasteiger partial charge in [0.25, 0.3) is 5.69 Å². The topological polar surface area (TPSA) is 111 Å². The Hall–Kier alpha value is -3.62. The number of hydrogen-bond acceptors (Lipinski definition) is 6. The number of carbonyl (C=O) groups is 2. The Kier molecular flexibility index (Phi) is 7.87. The van der Waals surface area contributed by atoms with Gasteiger partial charge in [-0.25, -0.2) is 0 Å². The number of nitro benzene ring substituents is 1. The van der Waals surface area contributed by atoms with Crippen LogP contribution in [0, 0.1) is 10.1 Å². The molecule has 176 valence electrons. The molecule has 0 aliphatic heterocycles. The van der Waals surface area contributed by atoms with Gasteiger partial charge in [0, 0.05) is 36.9 Å². The molecule has 3 rings (SSSR count). The number of nitro groups is 1. The second-order valence-corrected chi connectivity index (χ2v) is 8.02. The van der Waals surface area contributed by atoms with Crippen molar-refractivity contribution in [2.24, 2.45) is 0 Å². The van der Waals surface area contributed by atoms with E-state index in [1.54, 1.807) is 18.2 Å². The quantitative estimate of drug-likeness (QED) is 0.473. The van der Waals surface area contributed by atoms with Crippen molar-refractivity contribution < 1.29 is 24.0 Å². The Morgan fingerprint density at radius 1 is 1.03 bits per heavy atom. The van der Waals surface area contributed by atoms with E-state index in [2.05, 4.69) is 5.32 Å². The summed E-state index contributed by atoms with van der Waals surface area (Å²) in [6.07, 6.45) is 4.99. The van der Waals surface area contributed by atoms with Crippen LogP contribution in [0.25, 0.3) is 0 Å². The Morgan fingerprint density at radius 3 is 2.21 bits per heavy atom. The Balaban J connectivity index is 2.05. The Bertz CT molecular complexity index is 1000. The third kappa shape index (κ3) is 5.60. The van der Waals surface area contributed by atoms with Crippen molar-refractivity contribution in [1.29, 1.82) is 0 Å². The number of methoxy groups -OCH3 is 2. The fourth-order valence-electron chi connectivity index (χ4n) is 4.21. The molecule has 0 heterocycles. The number of amides is 2. The number of benzene rings is 2. The molecule has 1 saturated carbocycles. The molecule has 1 N–H and O–H groups in total. The molecule has 0 saturated heterocycles. The maximum atomic E-state index is 13.5. The first-order valence-electron chi connectivity index (χ1n) is 10.9. The summed E-state index contributed by atoms with van der Waals surface area (Å²) in [5.41, 5.74) is 0.826. The number of non-ortho nitro benzene ring substituents is 1. The van der Waals surface area contributed by atoms with Gasteiger partial charge in [-0.05, 0) is 42.7 Å². The lowest BCUT2D eigenvalue weighted by Gasteiger charge is -2.33. The van der Waals surface area contributed by atoms with E-state index < -0.39 is 11.0 Å². The van der Waals surface area contributed by atoms with Crippen LogP contribution in [-0.4, -0.2) is 37.0 Å². The second kappa shape index (κ2) is 10.8. The van der Waals surface area contributed by atoms with Gasteiger partial charge in [-0.2, -0.15) is 0 Å². The van der Waals surface area contributed by atoms with Crippen LogP contribution in [0.1, 0.15) is 50.6 Å².